The van der Waals surface area contributed by atoms with Crippen LogP contribution in [0.2, 0.25) is 0 Å². The molecule has 0 aromatic rings. The molecular weight excluding hydrogens is 641 g/mol. The third-order valence-electron chi connectivity index (χ3n) is 6.88. The summed E-state index contributed by atoms with van der Waals surface area (Å²) in [5, 5.41) is 18.9. The van der Waals surface area contributed by atoms with Crippen LogP contribution in [0.15, 0.2) is 0 Å². The van der Waals surface area contributed by atoms with Crippen molar-refractivity contribution in [1.82, 2.24) is 10.2 Å². The lowest BCUT2D eigenvalue weighted by atomic mass is 9.86. The van der Waals surface area contributed by atoms with Crippen molar-refractivity contribution in [2.75, 3.05) is 18.9 Å². The molecule has 3 atom stereocenters. The quantitative estimate of drug-likeness (QED) is 0.0936. The van der Waals surface area contributed by atoms with Gasteiger partial charge in [0, 0.05) is 36.5 Å². The van der Waals surface area contributed by atoms with Gasteiger partial charge in [0.2, 0.25) is 23.6 Å². The van der Waals surface area contributed by atoms with Crippen LogP contribution in [0.25, 0.3) is 0 Å². The molecule has 0 aliphatic carbocycles. The summed E-state index contributed by atoms with van der Waals surface area (Å²) < 4.78 is -0.0187. The number of amides is 4. The number of primary amides is 1. The van der Waals surface area contributed by atoms with Gasteiger partial charge in [0.15, 0.2) is 0 Å². The molecule has 4 amide bonds. The van der Waals surface area contributed by atoms with E-state index < -0.39 is 41.7 Å². The van der Waals surface area contributed by atoms with E-state index in [2.05, 4.69) is 19.2 Å². The summed E-state index contributed by atoms with van der Waals surface area (Å²) in [5.41, 5.74) is 11.2. The molecular formula is C34H68N4O7S2. The van der Waals surface area contributed by atoms with Gasteiger partial charge in [0.25, 0.3) is 0 Å². The molecule has 1 saturated heterocycles. The molecule has 1 rings (SSSR count). The fraction of sp³-hybridized carbons (Fsp3) is 0.853. The highest BCUT2D eigenvalue weighted by molar-refractivity contribution is 8.77. The number of aliphatic carboxylic acids is 1. The summed E-state index contributed by atoms with van der Waals surface area (Å²) in [5.74, 6) is -1.88. The van der Waals surface area contributed by atoms with E-state index in [1.165, 1.54) is 30.1 Å². The van der Waals surface area contributed by atoms with Crippen LogP contribution in [0.1, 0.15) is 128 Å². The molecule has 1 aliphatic heterocycles. The summed E-state index contributed by atoms with van der Waals surface area (Å²) in [7, 11) is 2.99. The monoisotopic (exact) mass is 708 g/mol. The Balaban J connectivity index is -0.000000872. The van der Waals surface area contributed by atoms with E-state index in [-0.39, 0.29) is 35.3 Å². The maximum atomic E-state index is 12.9. The molecule has 0 spiro atoms. The minimum atomic E-state index is -1.14. The van der Waals surface area contributed by atoms with Crippen molar-refractivity contribution in [3.63, 3.8) is 0 Å². The Kier molecular flexibility index (Phi) is 29.6. The van der Waals surface area contributed by atoms with Gasteiger partial charge >= 0.3 is 5.97 Å². The van der Waals surface area contributed by atoms with Crippen molar-refractivity contribution in [2.45, 2.75) is 144 Å². The van der Waals surface area contributed by atoms with Gasteiger partial charge in [0.1, 0.15) is 12.1 Å². The van der Waals surface area contributed by atoms with Crippen molar-refractivity contribution in [1.29, 1.82) is 0 Å². The summed E-state index contributed by atoms with van der Waals surface area (Å²) in [6.07, 6.45) is 6.81. The number of carboxylic acid groups (broad SMARTS) is 1. The van der Waals surface area contributed by atoms with Crippen LogP contribution in [0, 0.1) is 23.7 Å². The number of aliphatic hydroxyl groups is 1. The van der Waals surface area contributed by atoms with Crippen LogP contribution in [0.5, 0.6) is 0 Å². The number of unbranched alkanes of at least 4 members (excludes halogenated alkanes) is 2. The molecule has 7 N–H and O–H groups in total. The average molecular weight is 709 g/mol. The fourth-order valence-corrected chi connectivity index (χ4v) is 6.54. The fourth-order valence-electron chi connectivity index (χ4n) is 4.07. The minimum absolute atomic E-state index is 0.0187. The standard InChI is InChI=1S/C19H34N4O4S2.C6H12O2.C5H12.C4H10O/c1-6-11(7-2)12-8-15(24)23(18(12)27)14(9-20)17(26)22-13(16(21)25)10-28-29-19(3,4)5;1-5(2)3-4-6(7)8;1-3-5-4-2;1-4(2)3-5/h11-14H,6-10,20H2,1-5H3,(H2,21,25)(H,22,26);5H,3-4H2,1-2H3,(H,7,8);3-5H2,1-2H3;4-5H,3H2,1-2H3. The molecule has 0 aromatic carbocycles. The van der Waals surface area contributed by atoms with Crippen molar-refractivity contribution in [3.05, 3.63) is 0 Å². The van der Waals surface area contributed by atoms with E-state index in [0.29, 0.717) is 24.9 Å². The minimum Gasteiger partial charge on any atom is -0.481 e. The van der Waals surface area contributed by atoms with Gasteiger partial charge in [-0.2, -0.15) is 0 Å². The number of nitrogens with zero attached hydrogens (tertiary/aromatic N) is 1. The Morgan fingerprint density at radius 3 is 1.81 bits per heavy atom. The number of carboxylic acids is 1. The Morgan fingerprint density at radius 2 is 1.51 bits per heavy atom. The second-order valence-electron chi connectivity index (χ2n) is 13.4. The molecule has 11 nitrogen and oxygen atoms in total. The Hall–Kier alpha value is -1.83. The highest BCUT2D eigenvalue weighted by atomic mass is 33.1. The summed E-state index contributed by atoms with van der Waals surface area (Å²) in [6.45, 7) is 22.6. The van der Waals surface area contributed by atoms with Gasteiger partial charge in [0.05, 0.1) is 5.92 Å². The van der Waals surface area contributed by atoms with Crippen molar-refractivity contribution in [2.24, 2.45) is 35.1 Å². The summed E-state index contributed by atoms with van der Waals surface area (Å²) >= 11 is 0. The van der Waals surface area contributed by atoms with E-state index in [4.69, 9.17) is 21.7 Å². The SMILES string of the molecule is CC(C)CCC(=O)O.CC(C)CO.CCC(CC)C1CC(=O)N(C(CN)C(=O)NC(CSSC(C)(C)C)C(N)=O)C1=O.CCCCC. The molecule has 3 unspecified atom stereocenters. The van der Waals surface area contributed by atoms with Crippen molar-refractivity contribution >= 4 is 51.2 Å². The molecule has 0 saturated carbocycles. The number of likely N-dealkylation sites (tertiary alicyclic amines) is 1. The zero-order chi connectivity index (χ0) is 37.3. The maximum absolute atomic E-state index is 12.9. The van der Waals surface area contributed by atoms with E-state index in [0.717, 1.165) is 24.2 Å². The number of imide groups is 1. The number of nitrogens with one attached hydrogen (secondary N) is 1. The van der Waals surface area contributed by atoms with Crippen molar-refractivity contribution < 1.29 is 34.2 Å². The van der Waals surface area contributed by atoms with Crippen LogP contribution in [0.3, 0.4) is 0 Å². The first-order chi connectivity index (χ1) is 21.8. The lowest BCUT2D eigenvalue weighted by Gasteiger charge is -2.27. The Labute approximate surface area is 293 Å². The predicted octanol–water partition coefficient (Wildman–Crippen LogP) is 5.61. The molecule has 1 fully saturated rings. The van der Waals surface area contributed by atoms with Crippen LogP contribution in [-0.2, 0) is 24.0 Å². The molecule has 13 heteroatoms. The zero-order valence-corrected chi connectivity index (χ0v) is 32.7. The van der Waals surface area contributed by atoms with Gasteiger partial charge in [-0.05, 0) is 24.2 Å². The number of rotatable bonds is 17. The topological polar surface area (TPSA) is 193 Å². The normalized spacial score (nSPS) is 15.7. The van der Waals surface area contributed by atoms with Gasteiger partial charge in [-0.25, -0.2) is 0 Å². The number of carbonyl (C=O) groups is 5. The van der Waals surface area contributed by atoms with E-state index in [9.17, 15) is 24.0 Å². The molecule has 47 heavy (non-hydrogen) atoms. The maximum Gasteiger partial charge on any atom is 0.303 e. The molecule has 1 aliphatic rings. The van der Waals surface area contributed by atoms with Gasteiger partial charge in [-0.3, -0.25) is 28.9 Å². The van der Waals surface area contributed by atoms with Crippen LogP contribution >= 0.6 is 21.6 Å². The second-order valence-corrected chi connectivity index (χ2v) is 16.6. The predicted molar refractivity (Wildman–Crippen MR) is 197 cm³/mol. The third kappa shape index (κ3) is 24.9. The number of hydrogen-bond donors (Lipinski definition) is 5. The Morgan fingerprint density at radius 1 is 1.00 bits per heavy atom. The first-order valence-electron chi connectivity index (χ1n) is 17.1. The molecule has 1 heterocycles. The molecule has 278 valence electrons. The van der Waals surface area contributed by atoms with E-state index in [1.54, 1.807) is 10.8 Å². The first-order valence-corrected chi connectivity index (χ1v) is 19.4. The van der Waals surface area contributed by atoms with E-state index in [1.807, 2.05) is 62.3 Å². The zero-order valence-electron chi connectivity index (χ0n) is 31.1. The van der Waals surface area contributed by atoms with Crippen LogP contribution in [-0.4, -0.2) is 80.4 Å². The second kappa shape index (κ2) is 28.1. The highest BCUT2D eigenvalue weighted by Gasteiger charge is 2.46. The number of carbonyl (C=O) groups excluding carboxylic acids is 4. The summed E-state index contributed by atoms with van der Waals surface area (Å²) in [6, 6.07) is -2.06. The number of hydrogen-bond acceptors (Lipinski definition) is 9. The summed E-state index contributed by atoms with van der Waals surface area (Å²) in [4.78, 5) is 60.8. The largest absolute Gasteiger partial charge is 0.481 e. The lowest BCUT2D eigenvalue weighted by molar-refractivity contribution is -0.147. The molecule has 0 bridgehead atoms. The third-order valence-corrected chi connectivity index (χ3v) is 10.2. The highest BCUT2D eigenvalue weighted by Crippen LogP contribution is 2.35. The average Bonchev–Trinajstić information content (AvgIpc) is 3.26. The van der Waals surface area contributed by atoms with Crippen LogP contribution in [0.4, 0.5) is 0 Å². The smallest absolute Gasteiger partial charge is 0.303 e. The van der Waals surface area contributed by atoms with Gasteiger partial charge in [-0.15, -0.1) is 0 Å². The molecule has 0 aromatic heterocycles. The van der Waals surface area contributed by atoms with E-state index >= 15 is 0 Å². The van der Waals surface area contributed by atoms with Gasteiger partial charge < -0.3 is 27.0 Å². The number of aliphatic hydroxyl groups excluding tert-OH is 1. The van der Waals surface area contributed by atoms with Crippen molar-refractivity contribution in [3.8, 4) is 0 Å². The molecule has 0 radical (unpaired) electrons. The van der Waals surface area contributed by atoms with Crippen LogP contribution < -0.4 is 16.8 Å². The lowest BCUT2D eigenvalue weighted by Crippen LogP contribution is -2.57. The number of nitrogens with two attached hydrogens (primary N) is 2. The first kappa shape index (κ1) is 49.6. The van der Waals surface area contributed by atoms with Gasteiger partial charge in [-0.1, -0.05) is 130 Å². The Bertz CT molecular complexity index is 892.